The molecule has 4 heterocycles. The van der Waals surface area contributed by atoms with Gasteiger partial charge in [0.25, 0.3) is 0 Å². The Morgan fingerprint density at radius 1 is 1.22 bits per heavy atom. The molecule has 0 saturated carbocycles. The highest BCUT2D eigenvalue weighted by atomic mass is 16.7. The van der Waals surface area contributed by atoms with Crippen molar-refractivity contribution in [3.63, 3.8) is 0 Å². The van der Waals surface area contributed by atoms with Gasteiger partial charge < -0.3 is 23.7 Å². The summed E-state index contributed by atoms with van der Waals surface area (Å²) in [4.78, 5) is 31.4. The van der Waals surface area contributed by atoms with E-state index in [0.717, 1.165) is 5.56 Å². The van der Waals surface area contributed by atoms with Gasteiger partial charge in [-0.15, -0.1) is 0 Å². The maximum atomic E-state index is 12.0. The van der Waals surface area contributed by atoms with E-state index in [0.29, 0.717) is 54.9 Å². The van der Waals surface area contributed by atoms with Gasteiger partial charge in [-0.05, 0) is 38.0 Å². The van der Waals surface area contributed by atoms with Gasteiger partial charge in [-0.3, -0.25) is 10.1 Å². The summed E-state index contributed by atoms with van der Waals surface area (Å²) in [6, 6.07) is 5.33. The molecule has 36 heavy (non-hydrogen) atoms. The summed E-state index contributed by atoms with van der Waals surface area (Å²) in [5.74, 6) is 2.75. The van der Waals surface area contributed by atoms with Crippen molar-refractivity contribution < 1.29 is 23.8 Å². The molecule has 0 bridgehead atoms. The average molecular weight is 495 g/mol. The number of fused-ring (bicyclic) bond motifs is 1. The molecule has 188 valence electrons. The normalized spacial score (nSPS) is 16.0. The minimum Gasteiger partial charge on any atom is -0.454 e. The van der Waals surface area contributed by atoms with Gasteiger partial charge in [0.15, 0.2) is 17.3 Å². The Morgan fingerprint density at radius 3 is 2.72 bits per heavy atom. The minimum absolute atomic E-state index is 0.0896. The van der Waals surface area contributed by atoms with Crippen LogP contribution in [0.5, 0.6) is 17.4 Å². The van der Waals surface area contributed by atoms with Crippen LogP contribution in [0.25, 0.3) is 0 Å². The smallest absolute Gasteiger partial charge is 0.375 e. The van der Waals surface area contributed by atoms with Crippen molar-refractivity contribution >= 4 is 17.2 Å². The zero-order valence-corrected chi connectivity index (χ0v) is 20.1. The number of ether oxygens (including phenoxy) is 2. The Morgan fingerprint density at radius 2 is 2.00 bits per heavy atom. The fourth-order valence-electron chi connectivity index (χ4n) is 4.08. The summed E-state index contributed by atoms with van der Waals surface area (Å²) in [7, 11) is 0. The van der Waals surface area contributed by atoms with Crippen LogP contribution in [0.3, 0.4) is 0 Å². The second-order valence-corrected chi connectivity index (χ2v) is 8.85. The first-order valence-corrected chi connectivity index (χ1v) is 11.6. The molecular weight excluding hydrogens is 470 g/mol. The fourth-order valence-corrected chi connectivity index (χ4v) is 4.08. The number of hydrogen-bond acceptors (Lipinski definition) is 12. The quantitative estimate of drug-likeness (QED) is 0.267. The third-order valence-corrected chi connectivity index (χ3v) is 6.13. The fraction of sp³-hybridized carbons (Fsp3) is 0.435. The standard InChI is InChI=1S/C23H25N7O6/c1-13(2)20-26-22(35-28-20)15-6-8-29(9-7-15)21-19(30(31)32)23(25-11-24-21)36-27-14(3)16-4-5-17-18(10-16)34-12-33-17/h4-5,10-11,13,15H,6-9,12H2,1-3H3. The molecule has 13 nitrogen and oxygen atoms in total. The molecule has 2 aliphatic heterocycles. The highest BCUT2D eigenvalue weighted by Crippen LogP contribution is 2.37. The lowest BCUT2D eigenvalue weighted by Crippen LogP contribution is -2.34. The Hall–Kier alpha value is -4.29. The lowest BCUT2D eigenvalue weighted by molar-refractivity contribution is -0.385. The SMILES string of the molecule is CC(=NOc1ncnc(N2CCC(c3nc(C(C)C)no3)CC2)c1[N+](=O)[O-])c1ccc2c(c1)OCO2. The number of nitrogens with zero attached hydrogens (tertiary/aromatic N) is 7. The molecule has 0 radical (unpaired) electrons. The van der Waals surface area contributed by atoms with Crippen LogP contribution in [0.15, 0.2) is 34.2 Å². The van der Waals surface area contributed by atoms with E-state index in [1.165, 1.54) is 6.33 Å². The van der Waals surface area contributed by atoms with Crippen molar-refractivity contribution in [1.82, 2.24) is 20.1 Å². The lowest BCUT2D eigenvalue weighted by atomic mass is 9.96. The van der Waals surface area contributed by atoms with Crippen LogP contribution in [-0.2, 0) is 0 Å². The van der Waals surface area contributed by atoms with E-state index in [2.05, 4.69) is 25.3 Å². The number of aromatic nitrogens is 4. The number of piperidine rings is 1. The van der Waals surface area contributed by atoms with Crippen LogP contribution >= 0.6 is 0 Å². The Bertz CT molecular complexity index is 1300. The molecule has 2 aromatic heterocycles. The van der Waals surface area contributed by atoms with Gasteiger partial charge in [0.2, 0.25) is 18.5 Å². The zero-order chi connectivity index (χ0) is 25.2. The van der Waals surface area contributed by atoms with Gasteiger partial charge in [-0.1, -0.05) is 24.2 Å². The van der Waals surface area contributed by atoms with Crippen LogP contribution in [0, 0.1) is 10.1 Å². The van der Waals surface area contributed by atoms with E-state index < -0.39 is 4.92 Å². The first kappa shape index (κ1) is 23.5. The molecule has 0 amide bonds. The first-order chi connectivity index (χ1) is 17.4. The Balaban J connectivity index is 1.32. The van der Waals surface area contributed by atoms with E-state index in [1.54, 1.807) is 25.1 Å². The summed E-state index contributed by atoms with van der Waals surface area (Å²) in [6.07, 6.45) is 2.62. The van der Waals surface area contributed by atoms with Gasteiger partial charge >= 0.3 is 11.6 Å². The summed E-state index contributed by atoms with van der Waals surface area (Å²) in [5, 5.41) is 20.1. The third-order valence-electron chi connectivity index (χ3n) is 6.13. The maximum Gasteiger partial charge on any atom is 0.375 e. The van der Waals surface area contributed by atoms with E-state index in [-0.39, 0.29) is 36.0 Å². The van der Waals surface area contributed by atoms with Crippen LogP contribution in [-0.4, -0.2) is 50.6 Å². The molecule has 0 unspecified atom stereocenters. The summed E-state index contributed by atoms with van der Waals surface area (Å²) in [5.41, 5.74) is 0.877. The van der Waals surface area contributed by atoms with Gasteiger partial charge in [-0.2, -0.15) is 9.97 Å². The molecule has 1 saturated heterocycles. The third kappa shape index (κ3) is 4.63. The molecule has 3 aromatic rings. The molecular formula is C23H25N7O6. The zero-order valence-electron chi connectivity index (χ0n) is 20.1. The number of benzene rings is 1. The van der Waals surface area contributed by atoms with Crippen molar-refractivity contribution in [2.45, 2.75) is 45.4 Å². The van der Waals surface area contributed by atoms with Crippen molar-refractivity contribution in [2.75, 3.05) is 24.8 Å². The molecule has 0 atom stereocenters. The molecule has 0 N–H and O–H groups in total. The van der Waals surface area contributed by atoms with Gasteiger partial charge in [0.05, 0.1) is 10.6 Å². The van der Waals surface area contributed by atoms with E-state index >= 15 is 0 Å². The van der Waals surface area contributed by atoms with Crippen molar-refractivity contribution in [3.8, 4) is 17.4 Å². The molecule has 13 heteroatoms. The van der Waals surface area contributed by atoms with Gasteiger partial charge in [0.1, 0.15) is 6.33 Å². The van der Waals surface area contributed by atoms with Crippen molar-refractivity contribution in [1.29, 1.82) is 0 Å². The topological polar surface area (TPSA) is 151 Å². The van der Waals surface area contributed by atoms with Gasteiger partial charge in [0, 0.05) is 30.5 Å². The van der Waals surface area contributed by atoms with Crippen molar-refractivity contribution in [3.05, 3.63) is 51.9 Å². The molecule has 5 rings (SSSR count). The maximum absolute atomic E-state index is 12.0. The number of rotatable bonds is 7. The highest BCUT2D eigenvalue weighted by Gasteiger charge is 2.33. The van der Waals surface area contributed by atoms with Crippen molar-refractivity contribution in [2.24, 2.45) is 5.16 Å². The predicted molar refractivity (Wildman–Crippen MR) is 127 cm³/mol. The molecule has 0 aliphatic carbocycles. The van der Waals surface area contributed by atoms with E-state index in [9.17, 15) is 10.1 Å². The Kier molecular flexibility index (Phi) is 6.36. The monoisotopic (exact) mass is 495 g/mol. The Labute approximate surface area is 206 Å². The number of hydrogen-bond donors (Lipinski definition) is 0. The summed E-state index contributed by atoms with van der Waals surface area (Å²) < 4.78 is 16.1. The second kappa shape index (κ2) is 9.76. The predicted octanol–water partition coefficient (Wildman–Crippen LogP) is 3.81. The largest absolute Gasteiger partial charge is 0.454 e. The van der Waals surface area contributed by atoms with Crippen LogP contribution in [0.4, 0.5) is 11.5 Å². The summed E-state index contributed by atoms with van der Waals surface area (Å²) in [6.45, 7) is 6.95. The van der Waals surface area contributed by atoms with E-state index in [4.69, 9.17) is 18.8 Å². The number of oxime groups is 1. The van der Waals surface area contributed by atoms with Crippen LogP contribution in [0.2, 0.25) is 0 Å². The highest BCUT2D eigenvalue weighted by molar-refractivity contribution is 5.99. The number of anilines is 1. The van der Waals surface area contributed by atoms with Crippen LogP contribution in [0.1, 0.15) is 62.7 Å². The molecule has 2 aliphatic rings. The minimum atomic E-state index is -0.547. The molecule has 0 spiro atoms. The molecule has 1 fully saturated rings. The molecule has 1 aromatic carbocycles. The van der Waals surface area contributed by atoms with Crippen LogP contribution < -0.4 is 19.2 Å². The number of nitro groups is 1. The average Bonchev–Trinajstić information content (AvgIpc) is 3.56. The lowest BCUT2D eigenvalue weighted by Gasteiger charge is -2.30. The first-order valence-electron chi connectivity index (χ1n) is 11.6. The van der Waals surface area contributed by atoms with E-state index in [1.807, 2.05) is 18.7 Å². The summed E-state index contributed by atoms with van der Waals surface area (Å²) >= 11 is 0. The van der Waals surface area contributed by atoms with Gasteiger partial charge in [-0.25, -0.2) is 4.98 Å². The second-order valence-electron chi connectivity index (χ2n) is 8.85.